The molecule has 1 heterocycles. The van der Waals surface area contributed by atoms with Crippen molar-refractivity contribution >= 4 is 23.4 Å². The SMILES string of the molecule is C=CCn1nnc(C(C)Oc2ccccc2)c1SCC(=O)Nc1ccc(CC)cc1. The zero-order valence-corrected chi connectivity index (χ0v) is 18.1. The Hall–Kier alpha value is -3.06. The van der Waals surface area contributed by atoms with Gasteiger partial charge in [0, 0.05) is 5.69 Å². The van der Waals surface area contributed by atoms with Crippen molar-refractivity contribution < 1.29 is 9.53 Å². The molecule has 0 aliphatic rings. The van der Waals surface area contributed by atoms with Gasteiger partial charge in [0.05, 0.1) is 12.3 Å². The predicted molar refractivity (Wildman–Crippen MR) is 121 cm³/mol. The molecule has 1 atom stereocenters. The van der Waals surface area contributed by atoms with Gasteiger partial charge in [-0.25, -0.2) is 4.68 Å². The molecule has 0 spiro atoms. The van der Waals surface area contributed by atoms with Crippen LogP contribution in [0.15, 0.2) is 72.3 Å². The molecule has 30 heavy (non-hydrogen) atoms. The molecule has 0 aliphatic heterocycles. The summed E-state index contributed by atoms with van der Waals surface area (Å²) in [7, 11) is 0. The summed E-state index contributed by atoms with van der Waals surface area (Å²) in [4.78, 5) is 12.5. The molecule has 1 N–H and O–H groups in total. The van der Waals surface area contributed by atoms with E-state index in [1.165, 1.54) is 17.3 Å². The summed E-state index contributed by atoms with van der Waals surface area (Å²) in [5.41, 5.74) is 2.72. The van der Waals surface area contributed by atoms with Crippen LogP contribution in [0.5, 0.6) is 5.75 Å². The lowest BCUT2D eigenvalue weighted by Gasteiger charge is -2.14. The van der Waals surface area contributed by atoms with E-state index in [9.17, 15) is 4.79 Å². The molecule has 156 valence electrons. The number of hydrogen-bond donors (Lipinski definition) is 1. The van der Waals surface area contributed by atoms with Gasteiger partial charge in [0.1, 0.15) is 22.6 Å². The van der Waals surface area contributed by atoms with E-state index in [1.807, 2.05) is 61.5 Å². The number of thioether (sulfide) groups is 1. The van der Waals surface area contributed by atoms with Crippen LogP contribution in [0, 0.1) is 0 Å². The van der Waals surface area contributed by atoms with E-state index in [-0.39, 0.29) is 17.8 Å². The van der Waals surface area contributed by atoms with E-state index in [0.717, 1.165) is 22.9 Å². The monoisotopic (exact) mass is 422 g/mol. The zero-order valence-electron chi connectivity index (χ0n) is 17.2. The number of rotatable bonds is 10. The average Bonchev–Trinajstić information content (AvgIpc) is 3.16. The Labute approximate surface area is 181 Å². The lowest BCUT2D eigenvalue weighted by molar-refractivity contribution is -0.113. The van der Waals surface area contributed by atoms with E-state index < -0.39 is 0 Å². The molecule has 0 saturated carbocycles. The number of amides is 1. The van der Waals surface area contributed by atoms with Crippen LogP contribution in [-0.2, 0) is 17.8 Å². The summed E-state index contributed by atoms with van der Waals surface area (Å²) < 4.78 is 7.74. The molecule has 0 saturated heterocycles. The molecule has 6 nitrogen and oxygen atoms in total. The molecule has 3 aromatic rings. The molecule has 1 aromatic heterocycles. The Morgan fingerprint density at radius 2 is 1.97 bits per heavy atom. The fourth-order valence-electron chi connectivity index (χ4n) is 2.88. The summed E-state index contributed by atoms with van der Waals surface area (Å²) in [5.74, 6) is 0.913. The fraction of sp³-hybridized carbons (Fsp3) is 0.261. The Bertz CT molecular complexity index is 971. The number of hydrogen-bond acceptors (Lipinski definition) is 5. The number of carbonyl (C=O) groups is 1. The summed E-state index contributed by atoms with van der Waals surface area (Å²) in [6, 6.07) is 17.5. The predicted octanol–water partition coefficient (Wildman–Crippen LogP) is 4.90. The van der Waals surface area contributed by atoms with Gasteiger partial charge in [-0.3, -0.25) is 4.79 Å². The average molecular weight is 423 g/mol. The molecule has 7 heteroatoms. The smallest absolute Gasteiger partial charge is 0.234 e. The maximum Gasteiger partial charge on any atom is 0.234 e. The first kappa shape index (κ1) is 21.6. The topological polar surface area (TPSA) is 69.0 Å². The van der Waals surface area contributed by atoms with Gasteiger partial charge in [0.15, 0.2) is 0 Å². The third kappa shape index (κ3) is 5.73. The molecular weight excluding hydrogens is 396 g/mol. The van der Waals surface area contributed by atoms with Gasteiger partial charge in [0.25, 0.3) is 0 Å². The number of aryl methyl sites for hydroxylation is 1. The Kier molecular flexibility index (Phi) is 7.68. The van der Waals surface area contributed by atoms with Crippen LogP contribution in [0.3, 0.4) is 0 Å². The van der Waals surface area contributed by atoms with Crippen LogP contribution in [0.25, 0.3) is 0 Å². The number of nitrogens with one attached hydrogen (secondary N) is 1. The Balaban J connectivity index is 1.67. The van der Waals surface area contributed by atoms with Crippen molar-refractivity contribution in [2.45, 2.75) is 37.9 Å². The lowest BCUT2D eigenvalue weighted by atomic mass is 10.1. The minimum atomic E-state index is -0.307. The lowest BCUT2D eigenvalue weighted by Crippen LogP contribution is -2.15. The van der Waals surface area contributed by atoms with Crippen LogP contribution in [-0.4, -0.2) is 26.7 Å². The molecule has 0 aliphatic carbocycles. The van der Waals surface area contributed by atoms with Gasteiger partial charge >= 0.3 is 0 Å². The number of carbonyl (C=O) groups excluding carboxylic acids is 1. The first-order valence-corrected chi connectivity index (χ1v) is 10.9. The highest BCUT2D eigenvalue weighted by Crippen LogP contribution is 2.29. The molecule has 0 bridgehead atoms. The molecule has 0 fully saturated rings. The maximum atomic E-state index is 12.5. The first-order chi connectivity index (χ1) is 14.6. The zero-order chi connectivity index (χ0) is 21.3. The number of benzene rings is 2. The maximum absolute atomic E-state index is 12.5. The van der Waals surface area contributed by atoms with Crippen LogP contribution in [0.4, 0.5) is 5.69 Å². The minimum absolute atomic E-state index is 0.0850. The molecule has 3 rings (SSSR count). The standard InChI is InChI=1S/C23H26N4O2S/c1-4-15-27-23(22(25-26-27)17(3)29-20-9-7-6-8-10-20)30-16-21(28)24-19-13-11-18(5-2)12-14-19/h4,6-14,17H,1,5,15-16H2,2-3H3,(H,24,28). The second-order valence-corrected chi connectivity index (χ2v) is 7.68. The normalized spacial score (nSPS) is 11.7. The highest BCUT2D eigenvalue weighted by atomic mass is 32.2. The molecule has 1 amide bonds. The van der Waals surface area contributed by atoms with Gasteiger partial charge in [-0.1, -0.05) is 60.3 Å². The summed E-state index contributed by atoms with van der Waals surface area (Å²) in [6.07, 6.45) is 2.41. The van der Waals surface area contributed by atoms with Gasteiger partial charge in [-0.2, -0.15) is 0 Å². The van der Waals surface area contributed by atoms with E-state index in [0.29, 0.717) is 12.2 Å². The van der Waals surface area contributed by atoms with Gasteiger partial charge < -0.3 is 10.1 Å². The number of para-hydroxylation sites is 1. The number of allylic oxidation sites excluding steroid dienone is 1. The third-order valence-corrected chi connectivity index (χ3v) is 5.54. The van der Waals surface area contributed by atoms with Crippen LogP contribution >= 0.6 is 11.8 Å². The van der Waals surface area contributed by atoms with Crippen molar-refractivity contribution in [3.05, 3.63) is 78.5 Å². The van der Waals surface area contributed by atoms with Gasteiger partial charge in [-0.05, 0) is 43.2 Å². The van der Waals surface area contributed by atoms with Crippen molar-refractivity contribution in [2.24, 2.45) is 0 Å². The first-order valence-electron chi connectivity index (χ1n) is 9.88. The highest BCUT2D eigenvalue weighted by molar-refractivity contribution is 8.00. The molecule has 1 unspecified atom stereocenters. The minimum Gasteiger partial charge on any atom is -0.484 e. The van der Waals surface area contributed by atoms with Crippen LogP contribution in [0.1, 0.15) is 31.2 Å². The summed E-state index contributed by atoms with van der Waals surface area (Å²) in [6.45, 7) is 8.31. The summed E-state index contributed by atoms with van der Waals surface area (Å²) in [5, 5.41) is 12.2. The van der Waals surface area contributed by atoms with Crippen molar-refractivity contribution in [3.63, 3.8) is 0 Å². The highest BCUT2D eigenvalue weighted by Gasteiger charge is 2.21. The Morgan fingerprint density at radius 1 is 1.23 bits per heavy atom. The Morgan fingerprint density at radius 3 is 2.63 bits per heavy atom. The van der Waals surface area contributed by atoms with Crippen molar-refractivity contribution in [2.75, 3.05) is 11.1 Å². The van der Waals surface area contributed by atoms with Crippen molar-refractivity contribution in [1.82, 2.24) is 15.0 Å². The van der Waals surface area contributed by atoms with E-state index >= 15 is 0 Å². The van der Waals surface area contributed by atoms with E-state index in [2.05, 4.69) is 29.1 Å². The van der Waals surface area contributed by atoms with E-state index in [4.69, 9.17) is 4.74 Å². The number of aromatic nitrogens is 3. The molecule has 2 aromatic carbocycles. The van der Waals surface area contributed by atoms with Gasteiger partial charge in [-0.15, -0.1) is 11.7 Å². The van der Waals surface area contributed by atoms with Crippen molar-refractivity contribution in [1.29, 1.82) is 0 Å². The van der Waals surface area contributed by atoms with Gasteiger partial charge in [0.2, 0.25) is 5.91 Å². The fourth-order valence-corrected chi connectivity index (χ4v) is 3.83. The number of ether oxygens (including phenoxy) is 1. The quantitative estimate of drug-likeness (QED) is 0.372. The number of anilines is 1. The number of nitrogens with zero attached hydrogens (tertiary/aromatic N) is 3. The summed E-state index contributed by atoms with van der Waals surface area (Å²) >= 11 is 1.39. The van der Waals surface area contributed by atoms with Crippen LogP contribution < -0.4 is 10.1 Å². The second kappa shape index (κ2) is 10.6. The largest absolute Gasteiger partial charge is 0.484 e. The molecular formula is C23H26N4O2S. The van der Waals surface area contributed by atoms with E-state index in [1.54, 1.807) is 10.8 Å². The third-order valence-electron chi connectivity index (χ3n) is 4.44. The molecule has 0 radical (unpaired) electrons. The van der Waals surface area contributed by atoms with Crippen LogP contribution in [0.2, 0.25) is 0 Å². The van der Waals surface area contributed by atoms with Crippen molar-refractivity contribution in [3.8, 4) is 5.75 Å². The second-order valence-electron chi connectivity index (χ2n) is 6.71.